The van der Waals surface area contributed by atoms with E-state index in [4.69, 9.17) is 9.47 Å². The number of benzene rings is 2. The molecule has 5 heteroatoms. The zero-order valence-corrected chi connectivity index (χ0v) is 13.9. The van der Waals surface area contributed by atoms with Gasteiger partial charge in [-0.05, 0) is 55.8 Å². The molecule has 0 unspecified atom stereocenters. The van der Waals surface area contributed by atoms with E-state index < -0.39 is 0 Å². The van der Waals surface area contributed by atoms with Crippen LogP contribution < -0.4 is 14.8 Å². The maximum Gasteiger partial charge on any atom is 0.258 e. The minimum atomic E-state index is -0.224. The molecule has 2 aromatic carbocycles. The summed E-state index contributed by atoms with van der Waals surface area (Å²) in [6, 6.07) is 14.4. The molecule has 0 heterocycles. The molecule has 0 saturated heterocycles. The number of carbonyl (C=O) groups is 2. The van der Waals surface area contributed by atoms with Gasteiger partial charge in [0.2, 0.25) is 0 Å². The van der Waals surface area contributed by atoms with Crippen molar-refractivity contribution < 1.29 is 19.1 Å². The molecular weight excluding hydrogens is 306 g/mol. The highest BCUT2D eigenvalue weighted by Crippen LogP contribution is 2.13. The van der Waals surface area contributed by atoms with Crippen LogP contribution in [0.2, 0.25) is 0 Å². The van der Waals surface area contributed by atoms with E-state index in [1.165, 1.54) is 6.92 Å². The predicted molar refractivity (Wildman–Crippen MR) is 91.6 cm³/mol. The van der Waals surface area contributed by atoms with Gasteiger partial charge in [0.05, 0.1) is 6.54 Å². The fourth-order valence-corrected chi connectivity index (χ4v) is 2.05. The SMILES string of the molecule is CC(=O)c1ccc(OCC(=O)NCCOc2cccc(C)c2)cc1. The minimum Gasteiger partial charge on any atom is -0.492 e. The lowest BCUT2D eigenvalue weighted by atomic mass is 10.1. The van der Waals surface area contributed by atoms with E-state index in [9.17, 15) is 9.59 Å². The van der Waals surface area contributed by atoms with Gasteiger partial charge in [0.15, 0.2) is 12.4 Å². The van der Waals surface area contributed by atoms with Gasteiger partial charge in [-0.15, -0.1) is 0 Å². The summed E-state index contributed by atoms with van der Waals surface area (Å²) in [5, 5.41) is 2.72. The number of aryl methyl sites for hydroxylation is 1. The first kappa shape index (κ1) is 17.5. The van der Waals surface area contributed by atoms with Crippen molar-refractivity contribution in [2.75, 3.05) is 19.8 Å². The highest BCUT2D eigenvalue weighted by Gasteiger charge is 2.04. The summed E-state index contributed by atoms with van der Waals surface area (Å²) in [5.41, 5.74) is 1.74. The maximum absolute atomic E-state index is 11.7. The Bertz CT molecular complexity index is 695. The fraction of sp³-hybridized carbons (Fsp3) is 0.263. The Morgan fingerprint density at radius 2 is 1.75 bits per heavy atom. The summed E-state index contributed by atoms with van der Waals surface area (Å²) in [7, 11) is 0. The molecule has 126 valence electrons. The lowest BCUT2D eigenvalue weighted by molar-refractivity contribution is -0.123. The molecule has 0 aromatic heterocycles. The average Bonchev–Trinajstić information content (AvgIpc) is 2.57. The van der Waals surface area contributed by atoms with Crippen molar-refractivity contribution in [3.8, 4) is 11.5 Å². The molecule has 0 atom stereocenters. The van der Waals surface area contributed by atoms with Crippen molar-refractivity contribution in [3.05, 3.63) is 59.7 Å². The summed E-state index contributed by atoms with van der Waals surface area (Å²) in [6.45, 7) is 4.21. The average molecular weight is 327 g/mol. The third kappa shape index (κ3) is 5.76. The molecule has 0 spiro atoms. The second-order valence-corrected chi connectivity index (χ2v) is 5.38. The van der Waals surface area contributed by atoms with Crippen LogP contribution in [-0.2, 0) is 4.79 Å². The van der Waals surface area contributed by atoms with Gasteiger partial charge in [-0.3, -0.25) is 9.59 Å². The number of hydrogen-bond acceptors (Lipinski definition) is 4. The van der Waals surface area contributed by atoms with Crippen LogP contribution in [0, 0.1) is 6.92 Å². The molecule has 1 N–H and O–H groups in total. The monoisotopic (exact) mass is 327 g/mol. The third-order valence-corrected chi connectivity index (χ3v) is 3.31. The second-order valence-electron chi connectivity index (χ2n) is 5.38. The molecule has 24 heavy (non-hydrogen) atoms. The molecule has 2 rings (SSSR count). The molecule has 1 amide bonds. The lowest BCUT2D eigenvalue weighted by Crippen LogP contribution is -2.32. The highest BCUT2D eigenvalue weighted by atomic mass is 16.5. The van der Waals surface area contributed by atoms with Crippen molar-refractivity contribution >= 4 is 11.7 Å². The number of ketones is 1. The Labute approximate surface area is 141 Å². The molecule has 0 saturated carbocycles. The molecule has 0 aliphatic rings. The van der Waals surface area contributed by atoms with Crippen LogP contribution in [-0.4, -0.2) is 31.4 Å². The largest absolute Gasteiger partial charge is 0.492 e. The third-order valence-electron chi connectivity index (χ3n) is 3.31. The van der Waals surface area contributed by atoms with E-state index in [1.54, 1.807) is 24.3 Å². The van der Waals surface area contributed by atoms with Gasteiger partial charge in [0.25, 0.3) is 5.91 Å². The number of carbonyl (C=O) groups excluding carboxylic acids is 2. The molecule has 5 nitrogen and oxygen atoms in total. The zero-order chi connectivity index (χ0) is 17.4. The van der Waals surface area contributed by atoms with Crippen molar-refractivity contribution in [3.63, 3.8) is 0 Å². The highest BCUT2D eigenvalue weighted by molar-refractivity contribution is 5.94. The van der Waals surface area contributed by atoms with E-state index in [1.807, 2.05) is 31.2 Å². The van der Waals surface area contributed by atoms with Crippen molar-refractivity contribution in [1.29, 1.82) is 0 Å². The standard InChI is InChI=1S/C19H21NO4/c1-14-4-3-5-18(12-14)23-11-10-20-19(22)13-24-17-8-6-16(7-9-17)15(2)21/h3-9,12H,10-11,13H2,1-2H3,(H,20,22). The Morgan fingerprint density at radius 1 is 1.00 bits per heavy atom. The molecule has 2 aromatic rings. The van der Waals surface area contributed by atoms with E-state index in [2.05, 4.69) is 5.32 Å². The van der Waals surface area contributed by atoms with Crippen molar-refractivity contribution in [1.82, 2.24) is 5.32 Å². The van der Waals surface area contributed by atoms with Gasteiger partial charge >= 0.3 is 0 Å². The van der Waals surface area contributed by atoms with Gasteiger partial charge < -0.3 is 14.8 Å². The van der Waals surface area contributed by atoms with E-state index >= 15 is 0 Å². The quantitative estimate of drug-likeness (QED) is 0.598. The van der Waals surface area contributed by atoms with Gasteiger partial charge in [-0.2, -0.15) is 0 Å². The maximum atomic E-state index is 11.7. The topological polar surface area (TPSA) is 64.6 Å². The normalized spacial score (nSPS) is 10.1. The molecule has 0 aliphatic carbocycles. The number of Topliss-reactive ketones (excluding diaryl/α,β-unsaturated/α-hetero) is 1. The fourth-order valence-electron chi connectivity index (χ4n) is 2.05. The number of nitrogens with one attached hydrogen (secondary N) is 1. The Kier molecular flexibility index (Phi) is 6.37. The second kappa shape index (κ2) is 8.72. The van der Waals surface area contributed by atoms with E-state index in [0.29, 0.717) is 24.5 Å². The van der Waals surface area contributed by atoms with E-state index in [-0.39, 0.29) is 18.3 Å². The molecule has 0 aliphatic heterocycles. The summed E-state index contributed by atoms with van der Waals surface area (Å²) >= 11 is 0. The number of ether oxygens (including phenoxy) is 2. The smallest absolute Gasteiger partial charge is 0.258 e. The predicted octanol–water partition coefficient (Wildman–Crippen LogP) is 2.77. The molecule has 0 fully saturated rings. The van der Waals surface area contributed by atoms with Crippen LogP contribution in [0.4, 0.5) is 0 Å². The van der Waals surface area contributed by atoms with Gasteiger partial charge in [-0.25, -0.2) is 0 Å². The number of hydrogen-bond donors (Lipinski definition) is 1. The first-order valence-electron chi connectivity index (χ1n) is 7.74. The van der Waals surface area contributed by atoms with E-state index in [0.717, 1.165) is 11.3 Å². The molecule has 0 bridgehead atoms. The Hall–Kier alpha value is -2.82. The minimum absolute atomic E-state index is 0.00657. The van der Waals surface area contributed by atoms with Gasteiger partial charge in [0, 0.05) is 5.56 Å². The summed E-state index contributed by atoms with van der Waals surface area (Å²) in [5.74, 6) is 1.10. The van der Waals surface area contributed by atoms with Gasteiger partial charge in [0.1, 0.15) is 18.1 Å². The zero-order valence-electron chi connectivity index (χ0n) is 13.9. The summed E-state index contributed by atoms with van der Waals surface area (Å²) in [6.07, 6.45) is 0. The molecule has 0 radical (unpaired) electrons. The van der Waals surface area contributed by atoms with Crippen LogP contribution in [0.3, 0.4) is 0 Å². The first-order chi connectivity index (χ1) is 11.5. The first-order valence-corrected chi connectivity index (χ1v) is 7.74. The summed E-state index contributed by atoms with van der Waals surface area (Å²) < 4.78 is 10.9. The van der Waals surface area contributed by atoms with Crippen LogP contribution in [0.25, 0.3) is 0 Å². The Morgan fingerprint density at radius 3 is 2.42 bits per heavy atom. The lowest BCUT2D eigenvalue weighted by Gasteiger charge is -2.09. The van der Waals surface area contributed by atoms with Crippen LogP contribution in [0.1, 0.15) is 22.8 Å². The summed E-state index contributed by atoms with van der Waals surface area (Å²) in [4.78, 5) is 22.9. The van der Waals surface area contributed by atoms with Crippen molar-refractivity contribution in [2.45, 2.75) is 13.8 Å². The van der Waals surface area contributed by atoms with Crippen molar-refractivity contribution in [2.24, 2.45) is 0 Å². The van der Waals surface area contributed by atoms with Gasteiger partial charge in [-0.1, -0.05) is 12.1 Å². The Balaban J connectivity index is 1.65. The molecular formula is C19H21NO4. The number of rotatable bonds is 8. The van der Waals surface area contributed by atoms with Crippen LogP contribution in [0.15, 0.2) is 48.5 Å². The number of amides is 1. The van der Waals surface area contributed by atoms with Crippen LogP contribution >= 0.6 is 0 Å². The van der Waals surface area contributed by atoms with Crippen LogP contribution in [0.5, 0.6) is 11.5 Å².